The monoisotopic (exact) mass is 242 g/mol. The molecule has 4 heteroatoms. The van der Waals surface area contributed by atoms with Gasteiger partial charge in [0.2, 0.25) is 0 Å². The van der Waals surface area contributed by atoms with Crippen LogP contribution in [0.4, 0.5) is 5.82 Å². The summed E-state index contributed by atoms with van der Waals surface area (Å²) in [6, 6.07) is 8.63. The Morgan fingerprint density at radius 2 is 2.17 bits per heavy atom. The van der Waals surface area contributed by atoms with Gasteiger partial charge in [-0.05, 0) is 25.3 Å². The Morgan fingerprint density at radius 3 is 3.06 bits per heavy atom. The minimum absolute atomic E-state index is 0.440. The smallest absolute Gasteiger partial charge is 0.156 e. The summed E-state index contributed by atoms with van der Waals surface area (Å²) in [5, 5.41) is 14.1. The van der Waals surface area contributed by atoms with Crippen molar-refractivity contribution < 1.29 is 0 Å². The van der Waals surface area contributed by atoms with E-state index >= 15 is 0 Å². The lowest BCUT2D eigenvalue weighted by Crippen LogP contribution is -2.29. The number of nitrogens with zero attached hydrogens (tertiary/aromatic N) is 2. The topological polar surface area (TPSA) is 63.8 Å². The van der Waals surface area contributed by atoms with E-state index in [0.29, 0.717) is 12.0 Å². The second-order valence-electron chi connectivity index (χ2n) is 4.96. The normalized spacial score (nSPS) is 23.4. The van der Waals surface area contributed by atoms with E-state index in [9.17, 15) is 0 Å². The van der Waals surface area contributed by atoms with Gasteiger partial charge in [0.1, 0.15) is 0 Å². The predicted octanol–water partition coefficient (Wildman–Crippen LogP) is 2.17. The summed E-state index contributed by atoms with van der Waals surface area (Å²) in [5.41, 5.74) is 5.81. The first kappa shape index (κ1) is 11.4. The molecule has 4 nitrogen and oxygen atoms in total. The summed E-state index contributed by atoms with van der Waals surface area (Å²) in [6.07, 6.45) is 5.44. The zero-order chi connectivity index (χ0) is 12.4. The lowest BCUT2D eigenvalue weighted by molar-refractivity contribution is 0.515. The van der Waals surface area contributed by atoms with Crippen molar-refractivity contribution in [2.75, 3.05) is 11.9 Å². The first-order valence-corrected chi connectivity index (χ1v) is 6.55. The molecule has 1 fully saturated rings. The van der Waals surface area contributed by atoms with Crippen molar-refractivity contribution in [3.8, 4) is 0 Å². The Kier molecular flexibility index (Phi) is 3.11. The van der Waals surface area contributed by atoms with Crippen molar-refractivity contribution in [2.24, 2.45) is 11.7 Å². The van der Waals surface area contributed by atoms with Gasteiger partial charge in [0.25, 0.3) is 0 Å². The number of anilines is 1. The maximum atomic E-state index is 5.81. The lowest BCUT2D eigenvalue weighted by atomic mass is 10.0. The van der Waals surface area contributed by atoms with Crippen LogP contribution in [0.1, 0.15) is 19.3 Å². The fourth-order valence-electron chi connectivity index (χ4n) is 2.82. The maximum absolute atomic E-state index is 5.81. The molecule has 0 radical (unpaired) electrons. The predicted molar refractivity (Wildman–Crippen MR) is 73.3 cm³/mol. The lowest BCUT2D eigenvalue weighted by Gasteiger charge is -2.20. The molecular formula is C14H18N4. The summed E-state index contributed by atoms with van der Waals surface area (Å²) in [4.78, 5) is 0. The average molecular weight is 242 g/mol. The van der Waals surface area contributed by atoms with Crippen LogP contribution in [0.25, 0.3) is 10.8 Å². The fourth-order valence-corrected chi connectivity index (χ4v) is 2.82. The Balaban J connectivity index is 1.90. The Hall–Kier alpha value is -1.68. The molecule has 18 heavy (non-hydrogen) atoms. The zero-order valence-corrected chi connectivity index (χ0v) is 10.3. The van der Waals surface area contributed by atoms with Crippen molar-refractivity contribution in [3.63, 3.8) is 0 Å². The van der Waals surface area contributed by atoms with E-state index in [-0.39, 0.29) is 0 Å². The van der Waals surface area contributed by atoms with Crippen molar-refractivity contribution >= 4 is 16.6 Å². The van der Waals surface area contributed by atoms with Crippen molar-refractivity contribution in [2.45, 2.75) is 25.3 Å². The van der Waals surface area contributed by atoms with Gasteiger partial charge >= 0.3 is 0 Å². The van der Waals surface area contributed by atoms with Gasteiger partial charge in [-0.1, -0.05) is 30.7 Å². The van der Waals surface area contributed by atoms with Gasteiger partial charge in [-0.2, -0.15) is 5.10 Å². The molecule has 1 aliphatic rings. The number of rotatable bonds is 3. The highest BCUT2D eigenvalue weighted by atomic mass is 15.2. The Morgan fingerprint density at radius 1 is 1.28 bits per heavy atom. The van der Waals surface area contributed by atoms with Gasteiger partial charge in [-0.3, -0.25) is 0 Å². The SMILES string of the molecule is NCC1CCCC1Nc1nncc2ccccc12. The molecule has 1 saturated carbocycles. The molecule has 1 aliphatic carbocycles. The average Bonchev–Trinajstić information content (AvgIpc) is 2.86. The molecule has 94 valence electrons. The molecule has 1 aromatic heterocycles. The third-order valence-electron chi connectivity index (χ3n) is 3.85. The molecule has 1 heterocycles. The minimum atomic E-state index is 0.440. The molecule has 0 bridgehead atoms. The van der Waals surface area contributed by atoms with Crippen LogP contribution >= 0.6 is 0 Å². The van der Waals surface area contributed by atoms with Crippen LogP contribution in [-0.2, 0) is 0 Å². The minimum Gasteiger partial charge on any atom is -0.365 e. The summed E-state index contributed by atoms with van der Waals surface area (Å²) in [7, 11) is 0. The molecule has 2 unspecified atom stereocenters. The number of nitrogens with two attached hydrogens (primary N) is 1. The molecule has 0 spiro atoms. The van der Waals surface area contributed by atoms with Crippen molar-refractivity contribution in [1.29, 1.82) is 0 Å². The third-order valence-corrected chi connectivity index (χ3v) is 3.85. The molecule has 1 aromatic carbocycles. The molecule has 2 aromatic rings. The van der Waals surface area contributed by atoms with Crippen LogP contribution < -0.4 is 11.1 Å². The van der Waals surface area contributed by atoms with Gasteiger partial charge in [0.15, 0.2) is 5.82 Å². The number of hydrogen-bond donors (Lipinski definition) is 2. The molecule has 2 atom stereocenters. The first-order valence-electron chi connectivity index (χ1n) is 6.55. The van der Waals surface area contributed by atoms with Crippen LogP contribution in [0.5, 0.6) is 0 Å². The van der Waals surface area contributed by atoms with Gasteiger partial charge < -0.3 is 11.1 Å². The van der Waals surface area contributed by atoms with E-state index in [1.54, 1.807) is 6.20 Å². The molecule has 3 N–H and O–H groups in total. The molecule has 0 amide bonds. The molecule has 0 aliphatic heterocycles. The summed E-state index contributed by atoms with van der Waals surface area (Å²) < 4.78 is 0. The van der Waals surface area contributed by atoms with Crippen LogP contribution in [0.3, 0.4) is 0 Å². The maximum Gasteiger partial charge on any atom is 0.156 e. The molecule has 0 saturated heterocycles. The van der Waals surface area contributed by atoms with E-state index in [1.807, 2.05) is 12.1 Å². The summed E-state index contributed by atoms with van der Waals surface area (Å²) >= 11 is 0. The van der Waals surface area contributed by atoms with Gasteiger partial charge in [0, 0.05) is 16.8 Å². The number of benzene rings is 1. The zero-order valence-electron chi connectivity index (χ0n) is 10.3. The van der Waals surface area contributed by atoms with Gasteiger partial charge in [0.05, 0.1) is 6.20 Å². The molecular weight excluding hydrogens is 224 g/mol. The quantitative estimate of drug-likeness (QED) is 0.865. The Bertz CT molecular complexity index is 535. The van der Waals surface area contributed by atoms with Crippen molar-refractivity contribution in [3.05, 3.63) is 30.5 Å². The highest BCUT2D eigenvalue weighted by molar-refractivity contribution is 5.90. The number of fused-ring (bicyclic) bond motifs is 1. The number of hydrogen-bond acceptors (Lipinski definition) is 4. The van der Waals surface area contributed by atoms with Crippen LogP contribution in [0.2, 0.25) is 0 Å². The van der Waals surface area contributed by atoms with E-state index in [4.69, 9.17) is 5.73 Å². The summed E-state index contributed by atoms with van der Waals surface area (Å²) in [6.45, 7) is 0.746. The van der Waals surface area contributed by atoms with Crippen LogP contribution in [0, 0.1) is 5.92 Å². The van der Waals surface area contributed by atoms with E-state index in [1.165, 1.54) is 19.3 Å². The standard InChI is InChI=1S/C14H18N4/c15-8-10-5-3-7-13(10)17-14-12-6-2-1-4-11(12)9-16-18-14/h1-2,4,6,9-10,13H,3,5,7-8,15H2,(H,17,18). The third kappa shape index (κ3) is 2.04. The Labute approximate surface area is 107 Å². The van der Waals surface area contributed by atoms with Crippen molar-refractivity contribution in [1.82, 2.24) is 10.2 Å². The highest BCUT2D eigenvalue weighted by Crippen LogP contribution is 2.29. The first-order chi connectivity index (χ1) is 8.88. The van der Waals surface area contributed by atoms with Crippen LogP contribution in [-0.4, -0.2) is 22.8 Å². The number of nitrogens with one attached hydrogen (secondary N) is 1. The van der Waals surface area contributed by atoms with Crippen LogP contribution in [0.15, 0.2) is 30.5 Å². The highest BCUT2D eigenvalue weighted by Gasteiger charge is 2.26. The van der Waals surface area contributed by atoms with E-state index in [2.05, 4.69) is 27.6 Å². The fraction of sp³-hybridized carbons (Fsp3) is 0.429. The van der Waals surface area contributed by atoms with Gasteiger partial charge in [-0.25, -0.2) is 0 Å². The second-order valence-corrected chi connectivity index (χ2v) is 4.96. The van der Waals surface area contributed by atoms with Gasteiger partial charge in [-0.15, -0.1) is 5.10 Å². The second kappa shape index (κ2) is 4.90. The molecule has 3 rings (SSSR count). The summed E-state index contributed by atoms with van der Waals surface area (Å²) in [5.74, 6) is 1.45. The van der Waals surface area contributed by atoms with E-state index in [0.717, 1.165) is 23.1 Å². The largest absolute Gasteiger partial charge is 0.365 e. The number of aromatic nitrogens is 2. The van der Waals surface area contributed by atoms with E-state index < -0.39 is 0 Å².